The molecule has 2 aromatic rings. The number of nitrogens with zero attached hydrogens (tertiary/aromatic N) is 3. The van der Waals surface area contributed by atoms with E-state index in [-0.39, 0.29) is 11.8 Å². The van der Waals surface area contributed by atoms with Crippen LogP contribution in [0, 0.1) is 0 Å². The quantitative estimate of drug-likeness (QED) is 0.875. The molecule has 2 heterocycles. The average Bonchev–Trinajstić information content (AvgIpc) is 3.39. The summed E-state index contributed by atoms with van der Waals surface area (Å²) in [7, 11) is 1.71. The number of carbonyl (C=O) groups excluding carboxylic acids is 2. The van der Waals surface area contributed by atoms with Crippen molar-refractivity contribution < 1.29 is 9.59 Å². The topological polar surface area (TPSA) is 53.5 Å². The highest BCUT2D eigenvalue weighted by Gasteiger charge is 2.38. The van der Waals surface area contributed by atoms with E-state index in [1.54, 1.807) is 31.4 Å². The number of anilines is 1. The molecule has 5 heteroatoms. The second-order valence-electron chi connectivity index (χ2n) is 6.08. The number of carbonyl (C=O) groups is 2. The lowest BCUT2D eigenvalue weighted by Gasteiger charge is -2.17. The molecule has 0 unspecified atom stereocenters. The fourth-order valence-electron chi connectivity index (χ4n) is 2.98. The fraction of sp³-hybridized carbons (Fsp3) is 0.278. The Morgan fingerprint density at radius 3 is 2.78 bits per heavy atom. The van der Waals surface area contributed by atoms with Crippen LogP contribution < -0.4 is 4.90 Å². The molecule has 1 fully saturated rings. The van der Waals surface area contributed by atoms with Crippen molar-refractivity contribution >= 4 is 17.5 Å². The second-order valence-corrected chi connectivity index (χ2v) is 6.08. The number of pyridine rings is 1. The van der Waals surface area contributed by atoms with Crippen LogP contribution in [0.4, 0.5) is 5.69 Å². The summed E-state index contributed by atoms with van der Waals surface area (Å²) in [5, 5.41) is 0. The molecule has 2 amide bonds. The van der Waals surface area contributed by atoms with E-state index in [0.717, 1.165) is 24.0 Å². The van der Waals surface area contributed by atoms with Crippen LogP contribution in [0.5, 0.6) is 0 Å². The fourth-order valence-corrected chi connectivity index (χ4v) is 2.98. The Morgan fingerprint density at radius 1 is 1.26 bits per heavy atom. The highest BCUT2D eigenvalue weighted by atomic mass is 16.2. The molecule has 0 saturated heterocycles. The largest absolute Gasteiger partial charge is 0.331 e. The summed E-state index contributed by atoms with van der Waals surface area (Å²) in [6, 6.07) is 11.3. The molecule has 0 bridgehead atoms. The highest BCUT2D eigenvalue weighted by Crippen LogP contribution is 2.35. The van der Waals surface area contributed by atoms with Crippen LogP contribution in [0.3, 0.4) is 0 Å². The van der Waals surface area contributed by atoms with Gasteiger partial charge in [0.25, 0.3) is 11.8 Å². The Morgan fingerprint density at radius 2 is 2.09 bits per heavy atom. The van der Waals surface area contributed by atoms with Crippen LogP contribution >= 0.6 is 0 Å². The number of fused-ring (bicyclic) bond motifs is 1. The molecule has 2 aliphatic rings. The predicted molar refractivity (Wildman–Crippen MR) is 86.3 cm³/mol. The van der Waals surface area contributed by atoms with Gasteiger partial charge in [-0.05, 0) is 42.7 Å². The molecule has 23 heavy (non-hydrogen) atoms. The van der Waals surface area contributed by atoms with Crippen LogP contribution in [-0.4, -0.2) is 34.8 Å². The smallest absolute Gasteiger partial charge is 0.276 e. The third kappa shape index (κ3) is 2.38. The van der Waals surface area contributed by atoms with Crippen molar-refractivity contribution in [3.05, 3.63) is 59.4 Å². The first-order valence-corrected chi connectivity index (χ1v) is 7.78. The monoisotopic (exact) mass is 307 g/mol. The van der Waals surface area contributed by atoms with Crippen molar-refractivity contribution in [1.82, 2.24) is 9.88 Å². The molecule has 1 aromatic heterocycles. The number of hydrogen-bond donors (Lipinski definition) is 0. The van der Waals surface area contributed by atoms with Gasteiger partial charge < -0.3 is 9.80 Å². The minimum atomic E-state index is -0.185. The van der Waals surface area contributed by atoms with Gasteiger partial charge in [0.1, 0.15) is 5.69 Å². The van der Waals surface area contributed by atoms with E-state index in [2.05, 4.69) is 4.98 Å². The maximum atomic E-state index is 12.5. The molecule has 0 N–H and O–H groups in total. The zero-order valence-electron chi connectivity index (χ0n) is 12.9. The first-order valence-electron chi connectivity index (χ1n) is 7.78. The number of hydrogen-bond acceptors (Lipinski definition) is 3. The van der Waals surface area contributed by atoms with E-state index in [1.165, 1.54) is 4.90 Å². The van der Waals surface area contributed by atoms with Gasteiger partial charge in [-0.15, -0.1) is 0 Å². The molecule has 5 nitrogen and oxygen atoms in total. The van der Waals surface area contributed by atoms with Gasteiger partial charge in [-0.3, -0.25) is 14.6 Å². The zero-order valence-corrected chi connectivity index (χ0v) is 12.9. The van der Waals surface area contributed by atoms with Crippen LogP contribution in [0.2, 0.25) is 0 Å². The second kappa shape index (κ2) is 5.19. The molecule has 0 radical (unpaired) electrons. The summed E-state index contributed by atoms with van der Waals surface area (Å²) >= 11 is 0. The van der Waals surface area contributed by atoms with Gasteiger partial charge in [0, 0.05) is 37.1 Å². The van der Waals surface area contributed by atoms with Crippen LogP contribution in [0.25, 0.3) is 0 Å². The molecule has 0 spiro atoms. The number of amides is 2. The van der Waals surface area contributed by atoms with E-state index >= 15 is 0 Å². The minimum Gasteiger partial charge on any atom is -0.331 e. The van der Waals surface area contributed by atoms with Gasteiger partial charge in [0.15, 0.2) is 0 Å². The minimum absolute atomic E-state index is 0.0861. The zero-order chi connectivity index (χ0) is 16.0. The number of aromatic nitrogens is 1. The van der Waals surface area contributed by atoms with Crippen molar-refractivity contribution in [2.24, 2.45) is 0 Å². The van der Waals surface area contributed by atoms with Crippen molar-refractivity contribution in [2.45, 2.75) is 25.4 Å². The Balaban J connectivity index is 1.61. The molecule has 1 saturated carbocycles. The summed E-state index contributed by atoms with van der Waals surface area (Å²) in [6.07, 6.45) is 3.80. The summed E-state index contributed by atoms with van der Waals surface area (Å²) in [4.78, 5) is 32.5. The van der Waals surface area contributed by atoms with Crippen LogP contribution in [0.15, 0.2) is 42.6 Å². The van der Waals surface area contributed by atoms with E-state index in [9.17, 15) is 9.59 Å². The maximum Gasteiger partial charge on any atom is 0.276 e. The van der Waals surface area contributed by atoms with Gasteiger partial charge >= 0.3 is 0 Å². The SMILES string of the molecule is CN(C(=O)c1ccccn1)c1ccc2c(c1)C(=O)N(C1CC1)C2. The maximum absolute atomic E-state index is 12.5. The summed E-state index contributed by atoms with van der Waals surface area (Å²) in [5.41, 5.74) is 2.87. The highest BCUT2D eigenvalue weighted by molar-refractivity contribution is 6.06. The van der Waals surface area contributed by atoms with E-state index in [0.29, 0.717) is 24.0 Å². The third-order valence-corrected chi connectivity index (χ3v) is 4.49. The Labute approximate surface area is 134 Å². The van der Waals surface area contributed by atoms with Gasteiger partial charge in [-0.25, -0.2) is 0 Å². The molecular formula is C18H17N3O2. The average molecular weight is 307 g/mol. The van der Waals surface area contributed by atoms with Gasteiger partial charge in [0.05, 0.1) is 0 Å². The van der Waals surface area contributed by atoms with Gasteiger partial charge in [-0.1, -0.05) is 12.1 Å². The standard InChI is InChI=1S/C18H17N3O2/c1-20(18(23)16-4-2-3-9-19-16)14-6-5-12-11-21(13-7-8-13)17(22)15(12)10-14/h2-6,9-10,13H,7-8,11H2,1H3. The summed E-state index contributed by atoms with van der Waals surface area (Å²) < 4.78 is 0. The molecule has 1 aromatic carbocycles. The Bertz CT molecular complexity index is 784. The van der Waals surface area contributed by atoms with E-state index in [1.807, 2.05) is 23.1 Å². The van der Waals surface area contributed by atoms with Crippen molar-refractivity contribution in [3.63, 3.8) is 0 Å². The van der Waals surface area contributed by atoms with Gasteiger partial charge in [0.2, 0.25) is 0 Å². The Hall–Kier alpha value is -2.69. The van der Waals surface area contributed by atoms with Crippen LogP contribution in [-0.2, 0) is 6.54 Å². The lowest BCUT2D eigenvalue weighted by atomic mass is 10.1. The van der Waals surface area contributed by atoms with E-state index in [4.69, 9.17) is 0 Å². The normalized spacial score (nSPS) is 16.4. The number of benzene rings is 1. The molecule has 1 aliphatic heterocycles. The molecule has 4 rings (SSSR count). The number of rotatable bonds is 3. The molecule has 1 aliphatic carbocycles. The summed E-state index contributed by atoms with van der Waals surface area (Å²) in [6.45, 7) is 0.691. The summed E-state index contributed by atoms with van der Waals surface area (Å²) in [5.74, 6) is -0.0990. The lowest BCUT2D eigenvalue weighted by molar-refractivity contribution is 0.0766. The Kier molecular flexibility index (Phi) is 3.15. The first kappa shape index (κ1) is 13.9. The third-order valence-electron chi connectivity index (χ3n) is 4.49. The molecule has 116 valence electrons. The first-order chi connectivity index (χ1) is 11.1. The lowest BCUT2D eigenvalue weighted by Crippen LogP contribution is -2.27. The van der Waals surface area contributed by atoms with Crippen molar-refractivity contribution in [2.75, 3.05) is 11.9 Å². The van der Waals surface area contributed by atoms with Crippen molar-refractivity contribution in [1.29, 1.82) is 0 Å². The molecular weight excluding hydrogens is 290 g/mol. The van der Waals surface area contributed by atoms with Gasteiger partial charge in [-0.2, -0.15) is 0 Å². The predicted octanol–water partition coefficient (Wildman–Crippen LogP) is 2.48. The van der Waals surface area contributed by atoms with E-state index < -0.39 is 0 Å². The van der Waals surface area contributed by atoms with Crippen LogP contribution in [0.1, 0.15) is 39.3 Å². The molecule has 0 atom stereocenters. The van der Waals surface area contributed by atoms with Crippen molar-refractivity contribution in [3.8, 4) is 0 Å².